The lowest BCUT2D eigenvalue weighted by Crippen LogP contribution is -2.53. The first-order chi connectivity index (χ1) is 10.2. The molecular formula is C13H14N2O5S. The molecule has 1 aromatic rings. The van der Waals surface area contributed by atoms with Crippen molar-refractivity contribution in [3.8, 4) is 11.5 Å². The zero-order valence-electron chi connectivity index (χ0n) is 11.2. The quantitative estimate of drug-likeness (QED) is 0.767. The van der Waals surface area contributed by atoms with Crippen molar-refractivity contribution in [3.05, 3.63) is 10.3 Å². The van der Waals surface area contributed by atoms with Gasteiger partial charge in [0.05, 0.1) is 6.04 Å². The topological polar surface area (TPSA) is 68.3 Å². The normalized spacial score (nSPS) is 23.8. The highest BCUT2D eigenvalue weighted by Crippen LogP contribution is 2.40. The van der Waals surface area contributed by atoms with Crippen LogP contribution >= 0.6 is 11.3 Å². The largest absolute Gasteiger partial charge is 0.485 e. The number of thiophene rings is 1. The van der Waals surface area contributed by atoms with Crippen LogP contribution < -0.4 is 9.47 Å². The van der Waals surface area contributed by atoms with Crippen LogP contribution in [0.2, 0.25) is 0 Å². The molecule has 8 heteroatoms. The lowest BCUT2D eigenvalue weighted by atomic mass is 10.2. The average Bonchev–Trinajstić information content (AvgIpc) is 3.10. The van der Waals surface area contributed by atoms with Gasteiger partial charge in [-0.1, -0.05) is 0 Å². The van der Waals surface area contributed by atoms with E-state index in [1.807, 2.05) is 0 Å². The molecule has 0 bridgehead atoms. The van der Waals surface area contributed by atoms with Gasteiger partial charge in [-0.05, 0) is 0 Å². The molecule has 2 fully saturated rings. The molecule has 21 heavy (non-hydrogen) atoms. The van der Waals surface area contributed by atoms with Crippen LogP contribution in [0.4, 0.5) is 4.79 Å². The first-order valence-electron chi connectivity index (χ1n) is 6.84. The minimum Gasteiger partial charge on any atom is -0.485 e. The number of fused-ring (bicyclic) bond motifs is 2. The van der Waals surface area contributed by atoms with Crippen molar-refractivity contribution in [2.45, 2.75) is 6.04 Å². The molecule has 4 heterocycles. The lowest BCUT2D eigenvalue weighted by molar-refractivity contribution is 0.0614. The van der Waals surface area contributed by atoms with Crippen molar-refractivity contribution >= 4 is 23.3 Å². The van der Waals surface area contributed by atoms with Crippen molar-refractivity contribution < 1.29 is 23.8 Å². The molecule has 7 nitrogen and oxygen atoms in total. The number of piperazine rings is 1. The molecule has 3 aliphatic heterocycles. The van der Waals surface area contributed by atoms with Gasteiger partial charge in [0.2, 0.25) is 0 Å². The number of nitrogens with zero attached hydrogens (tertiary/aromatic N) is 2. The van der Waals surface area contributed by atoms with Crippen LogP contribution in [0.1, 0.15) is 9.67 Å². The van der Waals surface area contributed by atoms with Gasteiger partial charge in [0.1, 0.15) is 24.7 Å². The fourth-order valence-corrected chi connectivity index (χ4v) is 3.72. The molecule has 0 N–H and O–H groups in total. The summed E-state index contributed by atoms with van der Waals surface area (Å²) in [5, 5.41) is 1.81. The molecule has 4 rings (SSSR count). The molecule has 3 aliphatic rings. The summed E-state index contributed by atoms with van der Waals surface area (Å²) in [6.45, 7) is 2.85. The second-order valence-corrected chi connectivity index (χ2v) is 6.01. The molecule has 2 amide bonds. The van der Waals surface area contributed by atoms with E-state index < -0.39 is 0 Å². The summed E-state index contributed by atoms with van der Waals surface area (Å²) in [5.41, 5.74) is 0. The number of carbonyl (C=O) groups is 2. The minimum absolute atomic E-state index is 0.0387. The fourth-order valence-electron chi connectivity index (χ4n) is 2.83. The smallest absolute Gasteiger partial charge is 0.410 e. The Kier molecular flexibility index (Phi) is 2.91. The number of rotatable bonds is 1. The maximum atomic E-state index is 12.7. The maximum absolute atomic E-state index is 12.7. The first-order valence-corrected chi connectivity index (χ1v) is 7.72. The second-order valence-electron chi connectivity index (χ2n) is 5.13. The third kappa shape index (κ3) is 2.01. The number of amides is 2. The number of hydrogen-bond acceptors (Lipinski definition) is 6. The van der Waals surface area contributed by atoms with Gasteiger partial charge in [0.25, 0.3) is 5.91 Å². The summed E-state index contributed by atoms with van der Waals surface area (Å²) in [7, 11) is 0. The van der Waals surface area contributed by atoms with Crippen molar-refractivity contribution in [3.63, 3.8) is 0 Å². The van der Waals surface area contributed by atoms with Gasteiger partial charge >= 0.3 is 6.09 Å². The third-order valence-corrected chi connectivity index (χ3v) is 4.83. The van der Waals surface area contributed by atoms with Crippen LogP contribution in [0, 0.1) is 0 Å². The van der Waals surface area contributed by atoms with Gasteiger partial charge in [0.15, 0.2) is 11.5 Å². The minimum atomic E-state index is -0.280. The molecule has 0 spiro atoms. The molecule has 0 aliphatic carbocycles. The molecular weight excluding hydrogens is 296 g/mol. The predicted molar refractivity (Wildman–Crippen MR) is 73.1 cm³/mol. The molecule has 0 saturated carbocycles. The first kappa shape index (κ1) is 12.8. The number of ether oxygens (including phenoxy) is 3. The van der Waals surface area contributed by atoms with Gasteiger partial charge in [-0.25, -0.2) is 4.79 Å². The summed E-state index contributed by atoms with van der Waals surface area (Å²) >= 11 is 1.34. The molecule has 0 aromatic carbocycles. The van der Waals surface area contributed by atoms with E-state index in [0.717, 1.165) is 0 Å². The van der Waals surface area contributed by atoms with E-state index >= 15 is 0 Å². The Bertz CT molecular complexity index is 601. The van der Waals surface area contributed by atoms with Crippen LogP contribution in [0.25, 0.3) is 0 Å². The number of carbonyl (C=O) groups excluding carboxylic acids is 2. The van der Waals surface area contributed by atoms with Crippen molar-refractivity contribution in [2.75, 3.05) is 39.5 Å². The highest BCUT2D eigenvalue weighted by Gasteiger charge is 2.39. The Morgan fingerprint density at radius 2 is 2.10 bits per heavy atom. The van der Waals surface area contributed by atoms with E-state index in [9.17, 15) is 9.59 Å². The Labute approximate surface area is 125 Å². The highest BCUT2D eigenvalue weighted by molar-refractivity contribution is 7.12. The van der Waals surface area contributed by atoms with Crippen LogP contribution in [-0.4, -0.2) is 67.3 Å². The lowest BCUT2D eigenvalue weighted by Gasteiger charge is -2.35. The Balaban J connectivity index is 1.53. The molecule has 1 aromatic heterocycles. The summed E-state index contributed by atoms with van der Waals surface area (Å²) in [6, 6.07) is -0.0387. The standard InChI is InChI=1S/C13H14N2O5S/c16-12(11-10-9(7-21-11)18-3-4-19-10)14-1-2-15-8(5-14)6-20-13(15)17/h7-8H,1-6H2. The zero-order chi connectivity index (χ0) is 14.4. The van der Waals surface area contributed by atoms with E-state index in [0.29, 0.717) is 55.8 Å². The predicted octanol–water partition coefficient (Wildman–Crippen LogP) is 0.796. The van der Waals surface area contributed by atoms with E-state index in [2.05, 4.69) is 0 Å². The van der Waals surface area contributed by atoms with Gasteiger partial charge < -0.3 is 19.1 Å². The fraction of sp³-hybridized carbons (Fsp3) is 0.538. The van der Waals surface area contributed by atoms with Crippen LogP contribution in [0.5, 0.6) is 11.5 Å². The molecule has 1 atom stereocenters. The molecule has 2 saturated heterocycles. The van der Waals surface area contributed by atoms with Gasteiger partial charge in [-0.15, -0.1) is 11.3 Å². The van der Waals surface area contributed by atoms with E-state index in [1.165, 1.54) is 11.3 Å². The summed E-state index contributed by atoms with van der Waals surface area (Å²) in [5.74, 6) is 1.13. The Hall–Kier alpha value is -1.96. The molecule has 1 unspecified atom stereocenters. The third-order valence-electron chi connectivity index (χ3n) is 3.90. The zero-order valence-corrected chi connectivity index (χ0v) is 12.1. The van der Waals surface area contributed by atoms with E-state index in [1.54, 1.807) is 15.2 Å². The van der Waals surface area contributed by atoms with Gasteiger partial charge in [0, 0.05) is 25.0 Å². The second kappa shape index (κ2) is 4.80. The number of hydrogen-bond donors (Lipinski definition) is 0. The average molecular weight is 310 g/mol. The monoisotopic (exact) mass is 310 g/mol. The molecule has 0 radical (unpaired) electrons. The summed E-state index contributed by atoms with van der Waals surface area (Å²) in [6.07, 6.45) is -0.280. The summed E-state index contributed by atoms with van der Waals surface area (Å²) < 4.78 is 16.0. The van der Waals surface area contributed by atoms with Crippen molar-refractivity contribution in [1.29, 1.82) is 0 Å². The SMILES string of the molecule is O=C(c1scc2c1OCCO2)N1CCN2C(=O)OCC2C1. The molecule has 112 valence electrons. The van der Waals surface area contributed by atoms with Crippen molar-refractivity contribution in [1.82, 2.24) is 9.80 Å². The maximum Gasteiger partial charge on any atom is 0.410 e. The van der Waals surface area contributed by atoms with Crippen LogP contribution in [0.3, 0.4) is 0 Å². The van der Waals surface area contributed by atoms with Crippen LogP contribution in [0.15, 0.2) is 5.38 Å². The van der Waals surface area contributed by atoms with Crippen LogP contribution in [-0.2, 0) is 4.74 Å². The van der Waals surface area contributed by atoms with Gasteiger partial charge in [-0.3, -0.25) is 9.69 Å². The van der Waals surface area contributed by atoms with Crippen molar-refractivity contribution in [2.24, 2.45) is 0 Å². The summed E-state index contributed by atoms with van der Waals surface area (Å²) in [4.78, 5) is 28.1. The number of cyclic esters (lactones) is 1. The van der Waals surface area contributed by atoms with E-state index in [4.69, 9.17) is 14.2 Å². The Morgan fingerprint density at radius 1 is 1.24 bits per heavy atom. The highest BCUT2D eigenvalue weighted by atomic mass is 32.1. The van der Waals surface area contributed by atoms with E-state index in [-0.39, 0.29) is 18.0 Å². The Morgan fingerprint density at radius 3 is 3.00 bits per heavy atom. The van der Waals surface area contributed by atoms with Gasteiger partial charge in [-0.2, -0.15) is 0 Å².